The summed E-state index contributed by atoms with van der Waals surface area (Å²) in [5.41, 5.74) is 10.2. The van der Waals surface area contributed by atoms with Crippen LogP contribution < -0.4 is 11.5 Å². The van der Waals surface area contributed by atoms with Crippen LogP contribution >= 0.6 is 12.4 Å². The van der Waals surface area contributed by atoms with Gasteiger partial charge in [0.15, 0.2) is 0 Å². The van der Waals surface area contributed by atoms with Gasteiger partial charge in [0.1, 0.15) is 12.0 Å². The Balaban J connectivity index is 0. The SMILES string of the molecule is Cl.NCCOC(N)CS(=O)(=O)O. The molecule has 0 aliphatic carbocycles. The highest BCUT2D eigenvalue weighted by atomic mass is 35.5. The van der Waals surface area contributed by atoms with E-state index in [1.54, 1.807) is 0 Å². The molecule has 6 nitrogen and oxygen atoms in total. The van der Waals surface area contributed by atoms with E-state index in [1.165, 1.54) is 0 Å². The van der Waals surface area contributed by atoms with Crippen molar-refractivity contribution in [2.75, 3.05) is 18.9 Å². The van der Waals surface area contributed by atoms with E-state index in [0.717, 1.165) is 0 Å². The van der Waals surface area contributed by atoms with Crippen LogP contribution in [0.4, 0.5) is 0 Å². The molecule has 1 atom stereocenters. The number of ether oxygens (including phenoxy) is 1. The monoisotopic (exact) mass is 220 g/mol. The van der Waals surface area contributed by atoms with Crippen molar-refractivity contribution in [1.82, 2.24) is 0 Å². The zero-order chi connectivity index (χ0) is 8.91. The third-order valence-corrected chi connectivity index (χ3v) is 1.57. The molecule has 0 aromatic carbocycles. The van der Waals surface area contributed by atoms with Gasteiger partial charge in [-0.25, -0.2) is 0 Å². The lowest BCUT2D eigenvalue weighted by molar-refractivity contribution is 0.0777. The van der Waals surface area contributed by atoms with Crippen LogP contribution in [-0.4, -0.2) is 38.1 Å². The molecule has 0 heterocycles. The zero-order valence-corrected chi connectivity index (χ0v) is 7.97. The summed E-state index contributed by atoms with van der Waals surface area (Å²) in [4.78, 5) is 0. The van der Waals surface area contributed by atoms with Gasteiger partial charge in [-0.05, 0) is 0 Å². The fourth-order valence-electron chi connectivity index (χ4n) is 0.475. The number of nitrogens with two attached hydrogens (primary N) is 2. The molecule has 0 saturated heterocycles. The third-order valence-electron chi connectivity index (χ3n) is 0.825. The fraction of sp³-hybridized carbons (Fsp3) is 1.00. The standard InChI is InChI=1S/C4H12N2O4S.ClH/c5-1-2-10-4(6)3-11(7,8)9;/h4H,1-3,5-6H2,(H,7,8,9);1H. The molecule has 0 rings (SSSR count). The van der Waals surface area contributed by atoms with Gasteiger partial charge in [0.25, 0.3) is 10.1 Å². The maximum absolute atomic E-state index is 10.2. The Kier molecular flexibility index (Phi) is 8.00. The van der Waals surface area contributed by atoms with Crippen LogP contribution in [0.2, 0.25) is 0 Å². The Morgan fingerprint density at radius 3 is 2.33 bits per heavy atom. The van der Waals surface area contributed by atoms with Crippen LogP contribution in [0, 0.1) is 0 Å². The summed E-state index contributed by atoms with van der Waals surface area (Å²) < 4.78 is 33.3. The van der Waals surface area contributed by atoms with E-state index in [2.05, 4.69) is 4.74 Å². The maximum atomic E-state index is 10.2. The number of hydrogen-bond acceptors (Lipinski definition) is 5. The second-order valence-electron chi connectivity index (χ2n) is 1.95. The molecule has 0 spiro atoms. The fourth-order valence-corrected chi connectivity index (χ4v) is 0.987. The lowest BCUT2D eigenvalue weighted by Crippen LogP contribution is -2.33. The average Bonchev–Trinajstić information content (AvgIpc) is 1.79. The molecule has 0 bridgehead atoms. The van der Waals surface area contributed by atoms with Crippen LogP contribution in [0.3, 0.4) is 0 Å². The van der Waals surface area contributed by atoms with Crippen LogP contribution in [0.1, 0.15) is 0 Å². The molecule has 0 aromatic rings. The van der Waals surface area contributed by atoms with Gasteiger partial charge in [-0.3, -0.25) is 4.55 Å². The van der Waals surface area contributed by atoms with Crippen LogP contribution in [0.25, 0.3) is 0 Å². The molecule has 0 saturated carbocycles. The Labute approximate surface area is 77.4 Å². The number of rotatable bonds is 5. The minimum atomic E-state index is -4.04. The summed E-state index contributed by atoms with van der Waals surface area (Å²) in [6, 6.07) is 0. The lowest BCUT2D eigenvalue weighted by atomic mass is 10.6. The Bertz CT molecular complexity index is 195. The van der Waals surface area contributed by atoms with Crippen molar-refractivity contribution in [2.24, 2.45) is 11.5 Å². The number of hydrogen-bond donors (Lipinski definition) is 3. The molecule has 12 heavy (non-hydrogen) atoms. The molecule has 76 valence electrons. The summed E-state index contributed by atoms with van der Waals surface area (Å²) in [5, 5.41) is 0. The lowest BCUT2D eigenvalue weighted by Gasteiger charge is -2.09. The molecular weight excluding hydrogens is 208 g/mol. The summed E-state index contributed by atoms with van der Waals surface area (Å²) in [7, 11) is -4.04. The van der Waals surface area contributed by atoms with Crippen molar-refractivity contribution in [3.8, 4) is 0 Å². The summed E-state index contributed by atoms with van der Waals surface area (Å²) >= 11 is 0. The Hall–Kier alpha value is 0.0800. The highest BCUT2D eigenvalue weighted by Gasteiger charge is 2.11. The third kappa shape index (κ3) is 10.1. The summed E-state index contributed by atoms with van der Waals surface area (Å²) in [6.45, 7) is 0.440. The summed E-state index contributed by atoms with van der Waals surface area (Å²) in [5.74, 6) is -0.604. The van der Waals surface area contributed by atoms with Crippen LogP contribution in [0.5, 0.6) is 0 Å². The predicted molar refractivity (Wildman–Crippen MR) is 46.6 cm³/mol. The van der Waals surface area contributed by atoms with E-state index in [1.807, 2.05) is 0 Å². The van der Waals surface area contributed by atoms with E-state index in [4.69, 9.17) is 16.0 Å². The Morgan fingerprint density at radius 1 is 1.50 bits per heavy atom. The number of halogens is 1. The van der Waals surface area contributed by atoms with Crippen molar-refractivity contribution >= 4 is 22.5 Å². The first kappa shape index (κ1) is 14.6. The van der Waals surface area contributed by atoms with Gasteiger partial charge in [0, 0.05) is 6.54 Å². The van der Waals surface area contributed by atoms with Crippen molar-refractivity contribution < 1.29 is 17.7 Å². The maximum Gasteiger partial charge on any atom is 0.268 e. The molecule has 0 aliphatic heterocycles. The first-order valence-corrected chi connectivity index (χ1v) is 4.59. The molecule has 0 radical (unpaired) electrons. The van der Waals surface area contributed by atoms with Crippen molar-refractivity contribution in [3.05, 3.63) is 0 Å². The normalized spacial score (nSPS) is 13.6. The van der Waals surface area contributed by atoms with E-state index in [-0.39, 0.29) is 25.6 Å². The van der Waals surface area contributed by atoms with Crippen molar-refractivity contribution in [2.45, 2.75) is 6.23 Å². The predicted octanol–water partition coefficient (Wildman–Crippen LogP) is -1.44. The molecule has 0 aromatic heterocycles. The minimum Gasteiger partial charge on any atom is -0.361 e. The average molecular weight is 221 g/mol. The topological polar surface area (TPSA) is 116 Å². The first-order valence-electron chi connectivity index (χ1n) is 2.98. The molecule has 1 unspecified atom stereocenters. The Morgan fingerprint density at radius 2 is 2.00 bits per heavy atom. The van der Waals surface area contributed by atoms with Gasteiger partial charge >= 0.3 is 0 Å². The second-order valence-corrected chi connectivity index (χ2v) is 3.44. The highest BCUT2D eigenvalue weighted by Crippen LogP contribution is 1.88. The summed E-state index contributed by atoms with van der Waals surface area (Å²) in [6.07, 6.45) is -1.01. The first-order chi connectivity index (χ1) is 4.95. The quantitative estimate of drug-likeness (QED) is 0.386. The van der Waals surface area contributed by atoms with Gasteiger partial charge in [0.05, 0.1) is 6.61 Å². The molecule has 0 amide bonds. The van der Waals surface area contributed by atoms with E-state index in [9.17, 15) is 8.42 Å². The van der Waals surface area contributed by atoms with Crippen molar-refractivity contribution in [1.29, 1.82) is 0 Å². The second kappa shape index (κ2) is 6.58. The molecule has 0 aliphatic rings. The molecule has 5 N–H and O–H groups in total. The largest absolute Gasteiger partial charge is 0.361 e. The van der Waals surface area contributed by atoms with Crippen LogP contribution in [0.15, 0.2) is 0 Å². The molecule has 8 heteroatoms. The smallest absolute Gasteiger partial charge is 0.268 e. The molecule has 0 fully saturated rings. The van der Waals surface area contributed by atoms with E-state index >= 15 is 0 Å². The molecular formula is C4H13ClN2O4S. The van der Waals surface area contributed by atoms with Gasteiger partial charge in [-0.2, -0.15) is 8.42 Å². The van der Waals surface area contributed by atoms with E-state index in [0.29, 0.717) is 0 Å². The zero-order valence-electron chi connectivity index (χ0n) is 6.34. The van der Waals surface area contributed by atoms with E-state index < -0.39 is 22.1 Å². The van der Waals surface area contributed by atoms with Crippen LogP contribution in [-0.2, 0) is 14.9 Å². The minimum absolute atomic E-state index is 0. The van der Waals surface area contributed by atoms with Gasteiger partial charge in [-0.15, -0.1) is 12.4 Å². The highest BCUT2D eigenvalue weighted by molar-refractivity contribution is 7.85. The van der Waals surface area contributed by atoms with Gasteiger partial charge < -0.3 is 16.2 Å². The van der Waals surface area contributed by atoms with Gasteiger partial charge in [-0.1, -0.05) is 0 Å². The van der Waals surface area contributed by atoms with Gasteiger partial charge in [0.2, 0.25) is 0 Å². The van der Waals surface area contributed by atoms with Crippen molar-refractivity contribution in [3.63, 3.8) is 0 Å².